The van der Waals surface area contributed by atoms with Crippen LogP contribution in [0.3, 0.4) is 0 Å². The van der Waals surface area contributed by atoms with Crippen molar-refractivity contribution in [1.29, 1.82) is 0 Å². The number of rotatable bonds is 3. The van der Waals surface area contributed by atoms with Gasteiger partial charge >= 0.3 is 0 Å². The lowest BCUT2D eigenvalue weighted by atomic mass is 10.2. The molecule has 0 N–H and O–H groups in total. The monoisotopic (exact) mass is 294 g/mol. The number of imidazole rings is 1. The predicted octanol–water partition coefficient (Wildman–Crippen LogP) is 3.88. The van der Waals surface area contributed by atoms with Crippen molar-refractivity contribution in [2.75, 3.05) is 13.2 Å². The molecule has 0 unspecified atom stereocenters. The van der Waals surface area contributed by atoms with Gasteiger partial charge in [0.05, 0.1) is 11.0 Å². The molecule has 0 saturated heterocycles. The van der Waals surface area contributed by atoms with Crippen LogP contribution in [0.5, 0.6) is 11.5 Å². The summed E-state index contributed by atoms with van der Waals surface area (Å²) in [6.45, 7) is 4.34. The van der Waals surface area contributed by atoms with Crippen LogP contribution in [-0.4, -0.2) is 22.8 Å². The van der Waals surface area contributed by atoms with Crippen LogP contribution in [0.1, 0.15) is 13.3 Å². The Morgan fingerprint density at radius 2 is 1.86 bits per heavy atom. The second-order valence-electron chi connectivity index (χ2n) is 5.43. The van der Waals surface area contributed by atoms with Gasteiger partial charge in [0.25, 0.3) is 0 Å². The van der Waals surface area contributed by atoms with Crippen LogP contribution in [0.2, 0.25) is 0 Å². The quantitative estimate of drug-likeness (QED) is 0.735. The van der Waals surface area contributed by atoms with E-state index in [2.05, 4.69) is 35.8 Å². The van der Waals surface area contributed by atoms with Crippen molar-refractivity contribution in [2.45, 2.75) is 19.9 Å². The summed E-state index contributed by atoms with van der Waals surface area (Å²) < 4.78 is 13.6. The summed E-state index contributed by atoms with van der Waals surface area (Å²) in [4.78, 5) is 4.82. The summed E-state index contributed by atoms with van der Waals surface area (Å²) in [5.74, 6) is 2.60. The molecule has 4 heteroatoms. The third-order valence-electron chi connectivity index (χ3n) is 3.90. The number of aryl methyl sites for hydroxylation is 1. The zero-order valence-corrected chi connectivity index (χ0v) is 12.6. The van der Waals surface area contributed by atoms with Crippen molar-refractivity contribution in [1.82, 2.24) is 9.55 Å². The minimum atomic E-state index is 0.599. The molecule has 0 radical (unpaired) electrons. The lowest BCUT2D eigenvalue weighted by Crippen LogP contribution is -2.15. The van der Waals surface area contributed by atoms with Crippen molar-refractivity contribution in [3.05, 3.63) is 42.5 Å². The van der Waals surface area contributed by atoms with E-state index in [1.165, 1.54) is 5.52 Å². The molecule has 0 fully saturated rings. The van der Waals surface area contributed by atoms with Crippen LogP contribution in [-0.2, 0) is 6.54 Å². The molecular formula is C18H18N2O2. The molecule has 3 aromatic rings. The molecule has 1 aliphatic rings. The van der Waals surface area contributed by atoms with E-state index in [4.69, 9.17) is 14.5 Å². The van der Waals surface area contributed by atoms with Crippen LogP contribution in [0.4, 0.5) is 0 Å². The van der Waals surface area contributed by atoms with Gasteiger partial charge in [0.15, 0.2) is 11.5 Å². The van der Waals surface area contributed by atoms with E-state index < -0.39 is 0 Å². The van der Waals surface area contributed by atoms with Gasteiger partial charge in [-0.1, -0.05) is 19.1 Å². The average molecular weight is 294 g/mol. The molecule has 1 aliphatic heterocycles. The fourth-order valence-electron chi connectivity index (χ4n) is 2.93. The molecule has 0 amide bonds. The van der Waals surface area contributed by atoms with E-state index in [1.807, 2.05) is 18.2 Å². The van der Waals surface area contributed by atoms with E-state index in [1.54, 1.807) is 0 Å². The molecule has 4 nitrogen and oxygen atoms in total. The Morgan fingerprint density at radius 3 is 2.73 bits per heavy atom. The minimum Gasteiger partial charge on any atom is -0.486 e. The van der Waals surface area contributed by atoms with Gasteiger partial charge in [0, 0.05) is 12.1 Å². The summed E-state index contributed by atoms with van der Waals surface area (Å²) in [6, 6.07) is 14.3. The Kier molecular flexibility index (Phi) is 3.22. The molecule has 2 heterocycles. The van der Waals surface area contributed by atoms with Crippen molar-refractivity contribution in [3.8, 4) is 22.9 Å². The topological polar surface area (TPSA) is 36.3 Å². The van der Waals surface area contributed by atoms with Crippen molar-refractivity contribution in [3.63, 3.8) is 0 Å². The standard InChI is InChI=1S/C18H18N2O2/c1-2-9-20-15-6-4-3-5-14(15)19-18(20)13-7-8-16-17(12-13)22-11-10-21-16/h3-8,12H,2,9-11H2,1H3. The fourth-order valence-corrected chi connectivity index (χ4v) is 2.93. The zero-order chi connectivity index (χ0) is 14.9. The summed E-state index contributed by atoms with van der Waals surface area (Å²) in [5.41, 5.74) is 3.27. The van der Waals surface area contributed by atoms with E-state index in [-0.39, 0.29) is 0 Å². The molecular weight excluding hydrogens is 276 g/mol. The van der Waals surface area contributed by atoms with Crippen molar-refractivity contribution < 1.29 is 9.47 Å². The van der Waals surface area contributed by atoms with Gasteiger partial charge in [-0.15, -0.1) is 0 Å². The van der Waals surface area contributed by atoms with Crippen LogP contribution in [0.15, 0.2) is 42.5 Å². The molecule has 112 valence electrons. The van der Waals surface area contributed by atoms with Gasteiger partial charge in [-0.2, -0.15) is 0 Å². The Bertz CT molecular complexity index is 823. The number of hydrogen-bond acceptors (Lipinski definition) is 3. The van der Waals surface area contributed by atoms with Gasteiger partial charge in [-0.25, -0.2) is 4.98 Å². The number of benzene rings is 2. The molecule has 0 spiro atoms. The van der Waals surface area contributed by atoms with Crippen LogP contribution < -0.4 is 9.47 Å². The highest BCUT2D eigenvalue weighted by atomic mass is 16.6. The maximum Gasteiger partial charge on any atom is 0.162 e. The highest BCUT2D eigenvalue weighted by Gasteiger charge is 2.16. The maximum atomic E-state index is 5.70. The summed E-state index contributed by atoms with van der Waals surface area (Å²) in [5, 5.41) is 0. The van der Waals surface area contributed by atoms with Gasteiger partial charge < -0.3 is 14.0 Å². The van der Waals surface area contributed by atoms with E-state index in [0.717, 1.165) is 41.4 Å². The van der Waals surface area contributed by atoms with Crippen LogP contribution >= 0.6 is 0 Å². The molecule has 0 aliphatic carbocycles. The number of hydrogen-bond donors (Lipinski definition) is 0. The smallest absolute Gasteiger partial charge is 0.162 e. The van der Waals surface area contributed by atoms with Gasteiger partial charge in [0.2, 0.25) is 0 Å². The normalized spacial score (nSPS) is 13.5. The number of aromatic nitrogens is 2. The second kappa shape index (κ2) is 5.37. The lowest BCUT2D eigenvalue weighted by Gasteiger charge is -2.19. The first kappa shape index (κ1) is 13.2. The van der Waals surface area contributed by atoms with Crippen LogP contribution in [0.25, 0.3) is 22.4 Å². The minimum absolute atomic E-state index is 0.599. The molecule has 22 heavy (non-hydrogen) atoms. The molecule has 2 aromatic carbocycles. The zero-order valence-electron chi connectivity index (χ0n) is 12.6. The Hall–Kier alpha value is -2.49. The largest absolute Gasteiger partial charge is 0.486 e. The third kappa shape index (κ3) is 2.11. The average Bonchev–Trinajstić information content (AvgIpc) is 2.94. The highest BCUT2D eigenvalue weighted by molar-refractivity contribution is 5.81. The molecule has 4 rings (SSSR count). The molecule has 1 aromatic heterocycles. The van der Waals surface area contributed by atoms with Gasteiger partial charge in [0.1, 0.15) is 19.0 Å². The molecule has 0 bridgehead atoms. The van der Waals surface area contributed by atoms with Gasteiger partial charge in [-0.3, -0.25) is 0 Å². The highest BCUT2D eigenvalue weighted by Crippen LogP contribution is 2.35. The third-order valence-corrected chi connectivity index (χ3v) is 3.90. The second-order valence-corrected chi connectivity index (χ2v) is 5.43. The van der Waals surface area contributed by atoms with Crippen molar-refractivity contribution in [2.24, 2.45) is 0 Å². The summed E-state index contributed by atoms with van der Waals surface area (Å²) >= 11 is 0. The first-order valence-electron chi connectivity index (χ1n) is 7.72. The lowest BCUT2D eigenvalue weighted by molar-refractivity contribution is 0.171. The van der Waals surface area contributed by atoms with E-state index in [9.17, 15) is 0 Å². The number of nitrogens with zero attached hydrogens (tertiary/aromatic N) is 2. The Balaban J connectivity index is 1.88. The molecule has 0 atom stereocenters. The number of ether oxygens (including phenoxy) is 2. The number of para-hydroxylation sites is 2. The first-order valence-corrected chi connectivity index (χ1v) is 7.72. The Labute approximate surface area is 129 Å². The Morgan fingerprint density at radius 1 is 1.05 bits per heavy atom. The van der Waals surface area contributed by atoms with Gasteiger partial charge in [-0.05, 0) is 36.8 Å². The number of fused-ring (bicyclic) bond motifs is 2. The van der Waals surface area contributed by atoms with Crippen LogP contribution in [0, 0.1) is 0 Å². The molecule has 0 saturated carbocycles. The summed E-state index contributed by atoms with van der Waals surface area (Å²) in [7, 11) is 0. The fraction of sp³-hybridized carbons (Fsp3) is 0.278. The van der Waals surface area contributed by atoms with E-state index >= 15 is 0 Å². The predicted molar refractivity (Wildman–Crippen MR) is 86.5 cm³/mol. The first-order chi connectivity index (χ1) is 10.9. The van der Waals surface area contributed by atoms with E-state index in [0.29, 0.717) is 13.2 Å². The SMILES string of the molecule is CCCn1c(-c2ccc3c(c2)OCCO3)nc2ccccc21. The maximum absolute atomic E-state index is 5.70. The van der Waals surface area contributed by atoms with Crippen molar-refractivity contribution >= 4 is 11.0 Å². The summed E-state index contributed by atoms with van der Waals surface area (Å²) in [6.07, 6.45) is 1.07.